The largest absolute Gasteiger partial charge is 0.472 e. The van der Waals surface area contributed by atoms with E-state index in [1.54, 1.807) is 24.5 Å². The normalized spacial score (nSPS) is 17.1. The first-order valence-corrected chi connectivity index (χ1v) is 11.2. The average molecular weight is 425 g/mol. The fourth-order valence-corrected chi connectivity index (χ4v) is 4.88. The zero-order valence-corrected chi connectivity index (χ0v) is 17.8. The van der Waals surface area contributed by atoms with Crippen LogP contribution in [0.3, 0.4) is 0 Å². The molecule has 156 valence electrons. The molecule has 7 nitrogen and oxygen atoms in total. The van der Waals surface area contributed by atoms with Crippen LogP contribution in [0.4, 0.5) is 5.82 Å². The van der Waals surface area contributed by atoms with Gasteiger partial charge in [-0.25, -0.2) is 8.42 Å². The van der Waals surface area contributed by atoms with E-state index in [0.717, 1.165) is 11.1 Å². The molecule has 1 fully saturated rings. The number of benzene rings is 2. The Hall–Kier alpha value is -2.97. The zero-order chi connectivity index (χ0) is 21.1. The Bertz CT molecular complexity index is 1100. The van der Waals surface area contributed by atoms with Crippen molar-refractivity contribution in [2.24, 2.45) is 0 Å². The molecule has 0 radical (unpaired) electrons. The molecule has 30 heavy (non-hydrogen) atoms. The summed E-state index contributed by atoms with van der Waals surface area (Å²) in [4.78, 5) is 10.7. The van der Waals surface area contributed by atoms with E-state index >= 15 is 0 Å². The van der Waals surface area contributed by atoms with Crippen molar-refractivity contribution in [3.63, 3.8) is 0 Å². The Morgan fingerprint density at radius 2 is 1.70 bits per heavy atom. The molecule has 4 rings (SSSR count). The molecule has 0 spiro atoms. The Labute approximate surface area is 177 Å². The first kappa shape index (κ1) is 20.3. The van der Waals surface area contributed by atoms with Crippen molar-refractivity contribution in [1.82, 2.24) is 14.3 Å². The SMILES string of the molecule is CN(C)c1cncc(OC2CCN(S(=O)(=O)c3ccc(-c4ccccc4)cc3)C2)n1. The molecule has 1 unspecified atom stereocenters. The summed E-state index contributed by atoms with van der Waals surface area (Å²) in [6.07, 6.45) is 3.55. The summed E-state index contributed by atoms with van der Waals surface area (Å²) in [6, 6.07) is 16.9. The Kier molecular flexibility index (Phi) is 5.69. The predicted molar refractivity (Wildman–Crippen MR) is 116 cm³/mol. The molecule has 3 aromatic rings. The molecule has 1 aliphatic rings. The van der Waals surface area contributed by atoms with Crippen LogP contribution in [0.2, 0.25) is 0 Å². The number of hydrogen-bond donors (Lipinski definition) is 0. The second kappa shape index (κ2) is 8.41. The quantitative estimate of drug-likeness (QED) is 0.605. The van der Waals surface area contributed by atoms with Crippen LogP contribution in [-0.4, -0.2) is 56.0 Å². The number of ether oxygens (including phenoxy) is 1. The molecule has 1 aromatic heterocycles. The van der Waals surface area contributed by atoms with Gasteiger partial charge in [-0.1, -0.05) is 42.5 Å². The highest BCUT2D eigenvalue weighted by Crippen LogP contribution is 2.26. The lowest BCUT2D eigenvalue weighted by molar-refractivity contribution is 0.206. The van der Waals surface area contributed by atoms with Gasteiger partial charge >= 0.3 is 0 Å². The Balaban J connectivity index is 1.45. The van der Waals surface area contributed by atoms with Crippen LogP contribution in [-0.2, 0) is 10.0 Å². The van der Waals surface area contributed by atoms with Crippen LogP contribution in [0.1, 0.15) is 6.42 Å². The van der Waals surface area contributed by atoms with Crippen molar-refractivity contribution in [3.8, 4) is 17.0 Å². The second-order valence-electron chi connectivity index (χ2n) is 7.39. The van der Waals surface area contributed by atoms with Crippen molar-refractivity contribution < 1.29 is 13.2 Å². The van der Waals surface area contributed by atoms with E-state index in [2.05, 4.69) is 9.97 Å². The molecular formula is C22H24N4O3S. The van der Waals surface area contributed by atoms with Crippen LogP contribution in [0.25, 0.3) is 11.1 Å². The minimum Gasteiger partial charge on any atom is -0.472 e. The van der Waals surface area contributed by atoms with Gasteiger partial charge in [0.1, 0.15) is 6.10 Å². The lowest BCUT2D eigenvalue weighted by Crippen LogP contribution is -2.31. The Morgan fingerprint density at radius 3 is 2.40 bits per heavy atom. The topological polar surface area (TPSA) is 75.6 Å². The van der Waals surface area contributed by atoms with Crippen LogP contribution in [0.15, 0.2) is 71.9 Å². The highest BCUT2D eigenvalue weighted by molar-refractivity contribution is 7.89. The average Bonchev–Trinajstić information content (AvgIpc) is 3.24. The van der Waals surface area contributed by atoms with E-state index in [1.165, 1.54) is 4.31 Å². The maximum absolute atomic E-state index is 13.1. The first-order valence-electron chi connectivity index (χ1n) is 9.75. The van der Waals surface area contributed by atoms with Gasteiger partial charge in [-0.05, 0) is 29.7 Å². The number of rotatable bonds is 6. The molecule has 8 heteroatoms. The van der Waals surface area contributed by atoms with Crippen LogP contribution in [0, 0.1) is 0 Å². The molecule has 0 bridgehead atoms. The van der Waals surface area contributed by atoms with E-state index in [4.69, 9.17) is 4.74 Å². The molecule has 1 atom stereocenters. The zero-order valence-electron chi connectivity index (χ0n) is 17.0. The van der Waals surface area contributed by atoms with E-state index < -0.39 is 10.0 Å². The van der Waals surface area contributed by atoms with Crippen molar-refractivity contribution in [2.45, 2.75) is 17.4 Å². The van der Waals surface area contributed by atoms with E-state index in [-0.39, 0.29) is 17.5 Å². The van der Waals surface area contributed by atoms with Crippen molar-refractivity contribution in [3.05, 3.63) is 67.0 Å². The summed E-state index contributed by atoms with van der Waals surface area (Å²) in [7, 11) is 0.176. The monoisotopic (exact) mass is 424 g/mol. The molecule has 0 N–H and O–H groups in total. The summed E-state index contributed by atoms with van der Waals surface area (Å²) >= 11 is 0. The predicted octanol–water partition coefficient (Wildman–Crippen LogP) is 3.05. The van der Waals surface area contributed by atoms with Gasteiger partial charge < -0.3 is 9.64 Å². The number of sulfonamides is 1. The molecule has 0 saturated carbocycles. The number of nitrogens with zero attached hydrogens (tertiary/aromatic N) is 4. The minimum absolute atomic E-state index is 0.255. The maximum atomic E-state index is 13.1. The van der Waals surface area contributed by atoms with Gasteiger partial charge in [-0.2, -0.15) is 9.29 Å². The minimum atomic E-state index is -3.58. The van der Waals surface area contributed by atoms with Gasteiger partial charge in [0.2, 0.25) is 15.9 Å². The lowest BCUT2D eigenvalue weighted by Gasteiger charge is -2.18. The molecule has 2 aromatic carbocycles. The standard InChI is InChI=1S/C22H24N4O3S/c1-25(2)21-14-23-15-22(24-21)29-19-12-13-26(16-19)30(27,28)20-10-8-18(9-11-20)17-6-4-3-5-7-17/h3-11,14-15,19H,12-13,16H2,1-2H3. The third-order valence-corrected chi connectivity index (χ3v) is 6.93. The summed E-state index contributed by atoms with van der Waals surface area (Å²) in [5.41, 5.74) is 2.04. The molecule has 0 aliphatic carbocycles. The summed E-state index contributed by atoms with van der Waals surface area (Å²) in [6.45, 7) is 0.699. The Morgan fingerprint density at radius 1 is 1.00 bits per heavy atom. The van der Waals surface area contributed by atoms with Gasteiger partial charge in [-0.3, -0.25) is 4.98 Å². The van der Waals surface area contributed by atoms with E-state index in [9.17, 15) is 8.42 Å². The smallest absolute Gasteiger partial charge is 0.243 e. The van der Waals surface area contributed by atoms with Crippen molar-refractivity contribution >= 4 is 15.8 Å². The van der Waals surface area contributed by atoms with Crippen LogP contribution >= 0.6 is 0 Å². The second-order valence-corrected chi connectivity index (χ2v) is 9.33. The van der Waals surface area contributed by atoms with Crippen molar-refractivity contribution in [1.29, 1.82) is 0 Å². The van der Waals surface area contributed by atoms with Crippen LogP contribution < -0.4 is 9.64 Å². The summed E-state index contributed by atoms with van der Waals surface area (Å²) < 4.78 is 33.5. The number of hydrogen-bond acceptors (Lipinski definition) is 6. The molecule has 1 aliphatic heterocycles. The maximum Gasteiger partial charge on any atom is 0.243 e. The highest BCUT2D eigenvalue weighted by atomic mass is 32.2. The molecule has 1 saturated heterocycles. The third kappa shape index (κ3) is 4.29. The summed E-state index contributed by atoms with van der Waals surface area (Å²) in [5, 5.41) is 0. The van der Waals surface area contributed by atoms with Gasteiger partial charge in [-0.15, -0.1) is 0 Å². The highest BCUT2D eigenvalue weighted by Gasteiger charge is 2.34. The van der Waals surface area contributed by atoms with E-state index in [1.807, 2.05) is 61.5 Å². The first-order chi connectivity index (χ1) is 14.4. The molecule has 0 amide bonds. The van der Waals surface area contributed by atoms with Crippen LogP contribution in [0.5, 0.6) is 5.88 Å². The molecule has 2 heterocycles. The summed E-state index contributed by atoms with van der Waals surface area (Å²) in [5.74, 6) is 1.09. The fourth-order valence-electron chi connectivity index (χ4n) is 3.39. The fraction of sp³-hybridized carbons (Fsp3) is 0.273. The number of aromatic nitrogens is 2. The van der Waals surface area contributed by atoms with Gasteiger partial charge in [0.05, 0.1) is 23.8 Å². The van der Waals surface area contributed by atoms with Crippen molar-refractivity contribution in [2.75, 3.05) is 32.1 Å². The van der Waals surface area contributed by atoms with Gasteiger partial charge in [0, 0.05) is 20.6 Å². The molecular weight excluding hydrogens is 400 g/mol. The van der Waals surface area contributed by atoms with Gasteiger partial charge in [0.25, 0.3) is 0 Å². The number of anilines is 1. The van der Waals surface area contributed by atoms with E-state index in [0.29, 0.717) is 24.7 Å². The lowest BCUT2D eigenvalue weighted by atomic mass is 10.1. The van der Waals surface area contributed by atoms with Gasteiger partial charge in [0.15, 0.2) is 5.82 Å². The third-order valence-electron chi connectivity index (χ3n) is 5.05.